The van der Waals surface area contributed by atoms with Gasteiger partial charge in [0.05, 0.1) is 12.8 Å². The van der Waals surface area contributed by atoms with E-state index in [0.717, 1.165) is 5.56 Å². The Bertz CT molecular complexity index is 1200. The minimum atomic E-state index is -0.471. The van der Waals surface area contributed by atoms with Crippen molar-refractivity contribution in [2.45, 2.75) is 11.8 Å². The summed E-state index contributed by atoms with van der Waals surface area (Å²) in [4.78, 5) is 19.2. The zero-order valence-corrected chi connectivity index (χ0v) is 17.0. The summed E-state index contributed by atoms with van der Waals surface area (Å²) in [7, 11) is 1.57. The second kappa shape index (κ2) is 8.39. The zero-order chi connectivity index (χ0) is 21.1. The molecule has 2 heterocycles. The Morgan fingerprint density at radius 3 is 2.83 bits per heavy atom. The molecule has 1 aliphatic rings. The highest BCUT2D eigenvalue weighted by Gasteiger charge is 2.17. The van der Waals surface area contributed by atoms with Crippen LogP contribution in [0.5, 0.6) is 23.0 Å². The van der Waals surface area contributed by atoms with Crippen LogP contribution in [0, 0.1) is 11.3 Å². The first-order valence-electron chi connectivity index (χ1n) is 8.91. The number of hydrogen-bond acceptors (Lipinski definition) is 8. The SMILES string of the molecule is COc1ccc(-c2nc(SC)[nH]c(=O)c2C#N)cc1COc1ccc2c(c1)OCO2. The number of hydrogen-bond donors (Lipinski definition) is 1. The van der Waals surface area contributed by atoms with E-state index >= 15 is 0 Å². The standard InChI is InChI=1S/C21H17N3O5S/c1-26-16-5-3-12(19-15(9-22)20(25)24-21(23-19)30-2)7-13(16)10-27-14-4-6-17-18(8-14)29-11-28-17/h3-8H,10-11H2,1-2H3,(H,23,24,25). The molecule has 0 atom stereocenters. The van der Waals surface area contributed by atoms with E-state index < -0.39 is 5.56 Å². The first-order valence-corrected chi connectivity index (χ1v) is 10.1. The first-order chi connectivity index (χ1) is 14.6. The van der Waals surface area contributed by atoms with Crippen LogP contribution in [0.2, 0.25) is 0 Å². The molecule has 8 nitrogen and oxygen atoms in total. The van der Waals surface area contributed by atoms with Crippen LogP contribution in [0.3, 0.4) is 0 Å². The predicted octanol–water partition coefficient (Wildman–Crippen LogP) is 3.35. The van der Waals surface area contributed by atoms with E-state index in [-0.39, 0.29) is 19.0 Å². The lowest BCUT2D eigenvalue weighted by Gasteiger charge is -2.13. The van der Waals surface area contributed by atoms with Crippen molar-refractivity contribution in [3.8, 4) is 40.3 Å². The Labute approximate surface area is 176 Å². The van der Waals surface area contributed by atoms with Crippen molar-refractivity contribution in [3.05, 3.63) is 57.9 Å². The van der Waals surface area contributed by atoms with Crippen LogP contribution in [-0.4, -0.2) is 30.1 Å². The number of H-pyrrole nitrogens is 1. The molecule has 0 spiro atoms. The molecule has 1 aliphatic heterocycles. The summed E-state index contributed by atoms with van der Waals surface area (Å²) < 4.78 is 22.0. The third-order valence-corrected chi connectivity index (χ3v) is 5.08. The monoisotopic (exact) mass is 423 g/mol. The Morgan fingerprint density at radius 2 is 2.07 bits per heavy atom. The van der Waals surface area contributed by atoms with Crippen molar-refractivity contribution in [1.82, 2.24) is 9.97 Å². The molecule has 0 bridgehead atoms. The zero-order valence-electron chi connectivity index (χ0n) is 16.2. The molecule has 9 heteroatoms. The van der Waals surface area contributed by atoms with E-state index in [1.165, 1.54) is 11.8 Å². The number of nitrogens with zero attached hydrogens (tertiary/aromatic N) is 2. The second-order valence-corrected chi connectivity index (χ2v) is 7.04. The molecule has 0 amide bonds. The molecule has 1 aromatic heterocycles. The molecule has 152 valence electrons. The predicted molar refractivity (Wildman–Crippen MR) is 110 cm³/mol. The van der Waals surface area contributed by atoms with Gasteiger partial charge in [0.15, 0.2) is 16.7 Å². The maximum atomic E-state index is 12.2. The number of nitrogens with one attached hydrogen (secondary N) is 1. The van der Waals surface area contributed by atoms with Gasteiger partial charge in [-0.25, -0.2) is 4.98 Å². The molecule has 0 saturated heterocycles. The van der Waals surface area contributed by atoms with Crippen molar-refractivity contribution in [2.24, 2.45) is 0 Å². The normalized spacial score (nSPS) is 11.8. The van der Waals surface area contributed by atoms with Crippen molar-refractivity contribution in [2.75, 3.05) is 20.2 Å². The van der Waals surface area contributed by atoms with Gasteiger partial charge in [-0.3, -0.25) is 4.79 Å². The average molecular weight is 423 g/mol. The molecule has 1 N–H and O–H groups in total. The Hall–Kier alpha value is -3.64. The topological polar surface area (TPSA) is 106 Å². The lowest BCUT2D eigenvalue weighted by atomic mass is 10.0. The van der Waals surface area contributed by atoms with Crippen LogP contribution in [-0.2, 0) is 6.61 Å². The van der Waals surface area contributed by atoms with E-state index in [0.29, 0.717) is 39.4 Å². The lowest BCUT2D eigenvalue weighted by Crippen LogP contribution is -2.14. The number of thioether (sulfide) groups is 1. The summed E-state index contributed by atoms with van der Waals surface area (Å²) in [6.07, 6.45) is 1.80. The van der Waals surface area contributed by atoms with Gasteiger partial charge in [-0.15, -0.1) is 0 Å². The third kappa shape index (κ3) is 3.77. The van der Waals surface area contributed by atoms with Gasteiger partial charge in [-0.2, -0.15) is 5.26 Å². The van der Waals surface area contributed by atoms with Crippen LogP contribution >= 0.6 is 11.8 Å². The van der Waals surface area contributed by atoms with E-state index in [2.05, 4.69) is 9.97 Å². The van der Waals surface area contributed by atoms with Crippen molar-refractivity contribution < 1.29 is 18.9 Å². The van der Waals surface area contributed by atoms with Crippen LogP contribution in [0.1, 0.15) is 11.1 Å². The quantitative estimate of drug-likeness (QED) is 0.475. The molecule has 3 aromatic rings. The Kier molecular flexibility index (Phi) is 5.50. The number of fused-ring (bicyclic) bond motifs is 1. The summed E-state index contributed by atoms with van der Waals surface area (Å²) in [5, 5.41) is 9.87. The smallest absolute Gasteiger partial charge is 0.270 e. The summed E-state index contributed by atoms with van der Waals surface area (Å²) in [5.41, 5.74) is 1.17. The van der Waals surface area contributed by atoms with Crippen LogP contribution in [0.4, 0.5) is 0 Å². The highest BCUT2D eigenvalue weighted by Crippen LogP contribution is 2.36. The molecule has 0 fully saturated rings. The number of methoxy groups -OCH3 is 1. The molecule has 2 aromatic carbocycles. The van der Waals surface area contributed by atoms with Gasteiger partial charge in [-0.1, -0.05) is 11.8 Å². The minimum Gasteiger partial charge on any atom is -0.496 e. The Morgan fingerprint density at radius 1 is 1.23 bits per heavy atom. The van der Waals surface area contributed by atoms with E-state index in [1.807, 2.05) is 6.07 Å². The van der Waals surface area contributed by atoms with E-state index in [9.17, 15) is 10.1 Å². The van der Waals surface area contributed by atoms with E-state index in [1.54, 1.807) is 49.8 Å². The molecular weight excluding hydrogens is 406 g/mol. The molecule has 0 radical (unpaired) electrons. The van der Waals surface area contributed by atoms with Crippen molar-refractivity contribution in [1.29, 1.82) is 5.26 Å². The van der Waals surface area contributed by atoms with Crippen molar-refractivity contribution >= 4 is 11.8 Å². The van der Waals surface area contributed by atoms with Gasteiger partial charge in [0.1, 0.15) is 29.7 Å². The molecule has 0 aliphatic carbocycles. The fraction of sp³-hybridized carbons (Fsp3) is 0.190. The van der Waals surface area contributed by atoms with Gasteiger partial charge in [-0.05, 0) is 36.6 Å². The number of ether oxygens (including phenoxy) is 4. The number of rotatable bonds is 6. The van der Waals surface area contributed by atoms with Crippen molar-refractivity contribution in [3.63, 3.8) is 0 Å². The highest BCUT2D eigenvalue weighted by atomic mass is 32.2. The van der Waals surface area contributed by atoms with Gasteiger partial charge >= 0.3 is 0 Å². The molecular formula is C21H17N3O5S. The summed E-state index contributed by atoms with van der Waals surface area (Å²) in [6, 6.07) is 12.6. The summed E-state index contributed by atoms with van der Waals surface area (Å²) in [6.45, 7) is 0.397. The lowest BCUT2D eigenvalue weighted by molar-refractivity contribution is 0.173. The number of aromatic nitrogens is 2. The van der Waals surface area contributed by atoms with Gasteiger partial charge in [0, 0.05) is 17.2 Å². The summed E-state index contributed by atoms with van der Waals surface area (Å²) in [5.74, 6) is 2.54. The molecule has 30 heavy (non-hydrogen) atoms. The van der Waals surface area contributed by atoms with Gasteiger partial charge in [0.25, 0.3) is 5.56 Å². The first kappa shape index (κ1) is 19.7. The molecule has 0 unspecified atom stereocenters. The van der Waals surface area contributed by atoms with Crippen LogP contribution < -0.4 is 24.5 Å². The van der Waals surface area contributed by atoms with Crippen LogP contribution in [0.15, 0.2) is 46.3 Å². The molecule has 0 saturated carbocycles. The number of nitriles is 1. The summed E-state index contributed by atoms with van der Waals surface area (Å²) >= 11 is 1.29. The van der Waals surface area contributed by atoms with Crippen LogP contribution in [0.25, 0.3) is 11.3 Å². The van der Waals surface area contributed by atoms with Gasteiger partial charge < -0.3 is 23.9 Å². The largest absolute Gasteiger partial charge is 0.496 e. The highest BCUT2D eigenvalue weighted by molar-refractivity contribution is 7.98. The van der Waals surface area contributed by atoms with E-state index in [4.69, 9.17) is 18.9 Å². The second-order valence-electron chi connectivity index (χ2n) is 6.24. The maximum absolute atomic E-state index is 12.2. The fourth-order valence-electron chi connectivity index (χ4n) is 3.03. The fourth-order valence-corrected chi connectivity index (χ4v) is 3.41. The average Bonchev–Trinajstić information content (AvgIpc) is 3.24. The maximum Gasteiger partial charge on any atom is 0.270 e. The Balaban J connectivity index is 1.67. The molecule has 4 rings (SSSR count). The van der Waals surface area contributed by atoms with Gasteiger partial charge in [0.2, 0.25) is 6.79 Å². The third-order valence-electron chi connectivity index (χ3n) is 4.50. The minimum absolute atomic E-state index is 0.0411. The number of aromatic amines is 1. The number of benzene rings is 2.